The lowest BCUT2D eigenvalue weighted by Gasteiger charge is -2.28. The van der Waals surface area contributed by atoms with Gasteiger partial charge in [-0.2, -0.15) is 0 Å². The average molecular weight is 234 g/mol. The van der Waals surface area contributed by atoms with Crippen LogP contribution in [0.1, 0.15) is 17.5 Å². The van der Waals surface area contributed by atoms with E-state index >= 15 is 0 Å². The summed E-state index contributed by atoms with van der Waals surface area (Å²) < 4.78 is 5.47. The zero-order chi connectivity index (χ0) is 12.3. The molecule has 0 spiro atoms. The van der Waals surface area contributed by atoms with Crippen molar-refractivity contribution in [1.29, 1.82) is 0 Å². The minimum Gasteiger partial charge on any atom is -0.379 e. The number of benzene rings is 1. The van der Waals surface area contributed by atoms with E-state index in [0.717, 1.165) is 26.2 Å². The fourth-order valence-electron chi connectivity index (χ4n) is 2.41. The van der Waals surface area contributed by atoms with Crippen LogP contribution in [0.3, 0.4) is 0 Å². The summed E-state index contributed by atoms with van der Waals surface area (Å²) in [6, 6.07) is 7.19. The summed E-state index contributed by atoms with van der Waals surface area (Å²) in [7, 11) is 4.16. The Morgan fingerprint density at radius 2 is 2.29 bits per heavy atom. The molecule has 0 bridgehead atoms. The van der Waals surface area contributed by atoms with Gasteiger partial charge in [-0.05, 0) is 32.0 Å². The molecule has 0 amide bonds. The van der Waals surface area contributed by atoms with Crippen LogP contribution < -0.4 is 10.2 Å². The van der Waals surface area contributed by atoms with Gasteiger partial charge in [0, 0.05) is 25.9 Å². The Balaban J connectivity index is 2.23. The number of hydrogen-bond acceptors (Lipinski definition) is 3. The predicted molar refractivity (Wildman–Crippen MR) is 71.6 cm³/mol. The molecule has 0 radical (unpaired) electrons. The number of hydrogen-bond donors (Lipinski definition) is 1. The molecule has 1 aliphatic rings. The lowest BCUT2D eigenvalue weighted by molar-refractivity contribution is 0.193. The third-order valence-corrected chi connectivity index (χ3v) is 3.44. The van der Waals surface area contributed by atoms with Crippen LogP contribution in [0.2, 0.25) is 0 Å². The van der Waals surface area contributed by atoms with E-state index in [9.17, 15) is 0 Å². The molecule has 1 aromatic carbocycles. The Morgan fingerprint density at radius 3 is 2.94 bits per heavy atom. The SMILES string of the molecule is CNCc1cc(C)ccc1N(C)C1CCOC1. The average Bonchev–Trinajstić information content (AvgIpc) is 2.82. The third-order valence-electron chi connectivity index (χ3n) is 3.44. The lowest BCUT2D eigenvalue weighted by atomic mass is 10.1. The first-order chi connectivity index (χ1) is 8.22. The van der Waals surface area contributed by atoms with Crippen molar-refractivity contribution in [2.45, 2.75) is 25.9 Å². The van der Waals surface area contributed by atoms with Crippen LogP contribution in [0.25, 0.3) is 0 Å². The molecule has 1 fully saturated rings. The summed E-state index contributed by atoms with van der Waals surface area (Å²) in [4.78, 5) is 2.36. The number of ether oxygens (including phenoxy) is 1. The van der Waals surface area contributed by atoms with Crippen molar-refractivity contribution in [2.75, 3.05) is 32.2 Å². The fourth-order valence-corrected chi connectivity index (χ4v) is 2.41. The van der Waals surface area contributed by atoms with E-state index in [1.165, 1.54) is 16.8 Å². The van der Waals surface area contributed by atoms with Crippen molar-refractivity contribution >= 4 is 5.69 Å². The Bertz CT molecular complexity index is 372. The van der Waals surface area contributed by atoms with Crippen molar-refractivity contribution in [3.05, 3.63) is 29.3 Å². The van der Waals surface area contributed by atoms with Gasteiger partial charge in [-0.1, -0.05) is 17.7 Å². The predicted octanol–water partition coefficient (Wildman–Crippen LogP) is 1.94. The Morgan fingerprint density at radius 1 is 1.47 bits per heavy atom. The monoisotopic (exact) mass is 234 g/mol. The van der Waals surface area contributed by atoms with Gasteiger partial charge in [0.2, 0.25) is 0 Å². The van der Waals surface area contributed by atoms with Crippen LogP contribution in [0.15, 0.2) is 18.2 Å². The van der Waals surface area contributed by atoms with Crippen molar-refractivity contribution in [1.82, 2.24) is 5.32 Å². The molecule has 1 aromatic rings. The zero-order valence-electron chi connectivity index (χ0n) is 11.0. The molecule has 1 saturated heterocycles. The molecule has 1 N–H and O–H groups in total. The van der Waals surface area contributed by atoms with Crippen molar-refractivity contribution < 1.29 is 4.74 Å². The maximum absolute atomic E-state index is 5.47. The molecular formula is C14H22N2O. The molecule has 0 aromatic heterocycles. The van der Waals surface area contributed by atoms with Crippen molar-refractivity contribution in [2.24, 2.45) is 0 Å². The minimum atomic E-state index is 0.522. The Kier molecular flexibility index (Phi) is 4.02. The third kappa shape index (κ3) is 2.79. The largest absolute Gasteiger partial charge is 0.379 e. The topological polar surface area (TPSA) is 24.5 Å². The van der Waals surface area contributed by atoms with Crippen LogP contribution in [0, 0.1) is 6.92 Å². The first-order valence-electron chi connectivity index (χ1n) is 6.27. The van der Waals surface area contributed by atoms with E-state index in [0.29, 0.717) is 6.04 Å². The molecule has 2 rings (SSSR count). The van der Waals surface area contributed by atoms with E-state index in [2.05, 4.69) is 42.4 Å². The lowest BCUT2D eigenvalue weighted by Crippen LogP contribution is -2.32. The molecule has 0 aliphatic carbocycles. The summed E-state index contributed by atoms with van der Waals surface area (Å²) >= 11 is 0. The second kappa shape index (κ2) is 5.52. The van der Waals surface area contributed by atoms with Gasteiger partial charge in [0.1, 0.15) is 0 Å². The second-order valence-electron chi connectivity index (χ2n) is 4.79. The van der Waals surface area contributed by atoms with E-state index in [1.54, 1.807) is 0 Å². The van der Waals surface area contributed by atoms with Gasteiger partial charge in [-0.25, -0.2) is 0 Å². The van der Waals surface area contributed by atoms with Gasteiger partial charge in [0.25, 0.3) is 0 Å². The van der Waals surface area contributed by atoms with Gasteiger partial charge >= 0.3 is 0 Å². The highest BCUT2D eigenvalue weighted by molar-refractivity contribution is 5.55. The summed E-state index contributed by atoms with van der Waals surface area (Å²) in [6.07, 6.45) is 1.13. The van der Waals surface area contributed by atoms with E-state index in [4.69, 9.17) is 4.74 Å². The summed E-state index contributed by atoms with van der Waals surface area (Å²) in [6.45, 7) is 4.79. The smallest absolute Gasteiger partial charge is 0.0670 e. The van der Waals surface area contributed by atoms with Gasteiger partial charge in [0.15, 0.2) is 0 Å². The minimum absolute atomic E-state index is 0.522. The molecule has 1 atom stereocenters. The molecule has 1 heterocycles. The number of anilines is 1. The maximum atomic E-state index is 5.47. The Labute approximate surface area is 104 Å². The Hall–Kier alpha value is -1.06. The fraction of sp³-hybridized carbons (Fsp3) is 0.571. The number of likely N-dealkylation sites (N-methyl/N-ethyl adjacent to an activating group) is 1. The van der Waals surface area contributed by atoms with Crippen LogP contribution in [0.5, 0.6) is 0 Å². The zero-order valence-corrected chi connectivity index (χ0v) is 11.0. The van der Waals surface area contributed by atoms with Crippen molar-refractivity contribution in [3.8, 4) is 0 Å². The molecule has 1 unspecified atom stereocenters. The normalized spacial score (nSPS) is 19.6. The molecular weight excluding hydrogens is 212 g/mol. The highest BCUT2D eigenvalue weighted by atomic mass is 16.5. The van der Waals surface area contributed by atoms with Crippen LogP contribution in [-0.2, 0) is 11.3 Å². The van der Waals surface area contributed by atoms with Crippen LogP contribution >= 0.6 is 0 Å². The second-order valence-corrected chi connectivity index (χ2v) is 4.79. The standard InChI is InChI=1S/C14H22N2O/c1-11-4-5-14(12(8-11)9-15-2)16(3)13-6-7-17-10-13/h4-5,8,13,15H,6-7,9-10H2,1-3H3. The van der Waals surface area contributed by atoms with Crippen LogP contribution in [0.4, 0.5) is 5.69 Å². The highest BCUT2D eigenvalue weighted by Crippen LogP contribution is 2.25. The van der Waals surface area contributed by atoms with Gasteiger partial charge in [-0.3, -0.25) is 0 Å². The number of aryl methyl sites for hydroxylation is 1. The molecule has 1 aliphatic heterocycles. The number of nitrogens with zero attached hydrogens (tertiary/aromatic N) is 1. The summed E-state index contributed by atoms with van der Waals surface area (Å²) in [5.74, 6) is 0. The molecule has 3 nitrogen and oxygen atoms in total. The summed E-state index contributed by atoms with van der Waals surface area (Å²) in [5.41, 5.74) is 4.00. The van der Waals surface area contributed by atoms with E-state index in [-0.39, 0.29) is 0 Å². The summed E-state index contributed by atoms with van der Waals surface area (Å²) in [5, 5.41) is 3.24. The van der Waals surface area contributed by atoms with Crippen LogP contribution in [-0.4, -0.2) is 33.4 Å². The molecule has 94 valence electrons. The van der Waals surface area contributed by atoms with Crippen molar-refractivity contribution in [3.63, 3.8) is 0 Å². The molecule has 17 heavy (non-hydrogen) atoms. The first kappa shape index (κ1) is 12.4. The van der Waals surface area contributed by atoms with Gasteiger partial charge in [0.05, 0.1) is 12.6 Å². The maximum Gasteiger partial charge on any atom is 0.0670 e. The molecule has 0 saturated carbocycles. The quantitative estimate of drug-likeness (QED) is 0.861. The number of rotatable bonds is 4. The van der Waals surface area contributed by atoms with Gasteiger partial charge in [-0.15, -0.1) is 0 Å². The van der Waals surface area contributed by atoms with E-state index < -0.39 is 0 Å². The highest BCUT2D eigenvalue weighted by Gasteiger charge is 2.21. The first-order valence-corrected chi connectivity index (χ1v) is 6.27. The van der Waals surface area contributed by atoms with E-state index in [1.807, 2.05) is 7.05 Å². The number of nitrogens with one attached hydrogen (secondary N) is 1. The molecule has 3 heteroatoms. The van der Waals surface area contributed by atoms with Gasteiger partial charge < -0.3 is 15.0 Å².